The van der Waals surface area contributed by atoms with Crippen molar-refractivity contribution in [2.45, 2.75) is 39.0 Å². The van der Waals surface area contributed by atoms with Crippen LogP contribution in [0.1, 0.15) is 49.4 Å². The third kappa shape index (κ3) is 3.69. The first-order chi connectivity index (χ1) is 9.72. The summed E-state index contributed by atoms with van der Waals surface area (Å²) in [6, 6.07) is 9.29. The monoisotopic (exact) mass is 273 g/mol. The van der Waals surface area contributed by atoms with Crippen LogP contribution in [0.3, 0.4) is 0 Å². The number of ketones is 1. The molecule has 0 aromatic heterocycles. The van der Waals surface area contributed by atoms with Crippen LogP contribution in [0.2, 0.25) is 0 Å². The van der Waals surface area contributed by atoms with Gasteiger partial charge in [-0.05, 0) is 25.7 Å². The Kier molecular flexibility index (Phi) is 5.33. The lowest BCUT2D eigenvalue weighted by Gasteiger charge is -2.28. The van der Waals surface area contributed by atoms with E-state index in [4.69, 9.17) is 0 Å². The Morgan fingerprint density at radius 1 is 1.10 bits per heavy atom. The molecule has 0 bridgehead atoms. The number of Topliss-reactive ketones (excluding diaryl/α,β-unsaturated/α-hetero) is 1. The van der Waals surface area contributed by atoms with E-state index < -0.39 is 0 Å². The van der Waals surface area contributed by atoms with Crippen LogP contribution in [-0.4, -0.2) is 29.7 Å². The van der Waals surface area contributed by atoms with Crippen molar-refractivity contribution >= 4 is 11.7 Å². The fraction of sp³-hybridized carbons (Fsp3) is 0.529. The molecule has 0 radical (unpaired) electrons. The van der Waals surface area contributed by atoms with Crippen molar-refractivity contribution in [2.75, 3.05) is 13.1 Å². The number of hydrogen-bond donors (Lipinski definition) is 0. The molecule has 0 N–H and O–H groups in total. The maximum atomic E-state index is 12.4. The van der Waals surface area contributed by atoms with Crippen LogP contribution in [0.15, 0.2) is 30.3 Å². The summed E-state index contributed by atoms with van der Waals surface area (Å²) in [4.78, 5) is 26.6. The first kappa shape index (κ1) is 14.8. The van der Waals surface area contributed by atoms with Gasteiger partial charge in [-0.15, -0.1) is 0 Å². The Balaban J connectivity index is 1.98. The number of carbonyl (C=O) groups is 2. The molecule has 1 unspecified atom stereocenters. The molecule has 1 fully saturated rings. The lowest BCUT2D eigenvalue weighted by Crippen LogP contribution is -2.37. The molecule has 3 nitrogen and oxygen atoms in total. The second kappa shape index (κ2) is 7.22. The Bertz CT molecular complexity index is 449. The summed E-state index contributed by atoms with van der Waals surface area (Å²) < 4.78 is 0. The van der Waals surface area contributed by atoms with E-state index in [9.17, 15) is 9.59 Å². The zero-order valence-electron chi connectivity index (χ0n) is 12.2. The van der Waals surface area contributed by atoms with E-state index in [-0.39, 0.29) is 17.6 Å². The highest BCUT2D eigenvalue weighted by atomic mass is 16.2. The van der Waals surface area contributed by atoms with E-state index >= 15 is 0 Å². The lowest BCUT2D eigenvalue weighted by molar-refractivity contribution is -0.132. The van der Waals surface area contributed by atoms with Gasteiger partial charge in [-0.3, -0.25) is 9.59 Å². The number of nitrogens with zero attached hydrogens (tertiary/aromatic N) is 1. The van der Waals surface area contributed by atoms with Crippen LogP contribution >= 0.6 is 0 Å². The average molecular weight is 273 g/mol. The van der Waals surface area contributed by atoms with Gasteiger partial charge in [-0.2, -0.15) is 0 Å². The van der Waals surface area contributed by atoms with Gasteiger partial charge in [0.05, 0.1) is 0 Å². The third-order valence-corrected chi connectivity index (χ3v) is 4.05. The molecule has 1 aromatic rings. The van der Waals surface area contributed by atoms with E-state index in [0.29, 0.717) is 18.4 Å². The molecule has 1 aliphatic heterocycles. The summed E-state index contributed by atoms with van der Waals surface area (Å²) in [6.07, 6.45) is 4.46. The van der Waals surface area contributed by atoms with Gasteiger partial charge in [0.1, 0.15) is 0 Å². The van der Waals surface area contributed by atoms with E-state index in [2.05, 4.69) is 0 Å². The number of piperidine rings is 1. The summed E-state index contributed by atoms with van der Waals surface area (Å²) in [7, 11) is 0. The normalized spacial score (nSPS) is 16.8. The molecule has 20 heavy (non-hydrogen) atoms. The minimum Gasteiger partial charge on any atom is -0.343 e. The van der Waals surface area contributed by atoms with Crippen LogP contribution in [0.4, 0.5) is 0 Å². The molecular weight excluding hydrogens is 250 g/mol. The number of amides is 1. The van der Waals surface area contributed by atoms with Crippen LogP contribution in [0.5, 0.6) is 0 Å². The molecule has 1 atom stereocenters. The quantitative estimate of drug-likeness (QED) is 0.772. The summed E-state index contributed by atoms with van der Waals surface area (Å²) in [6.45, 7) is 3.69. The number of rotatable bonds is 5. The highest BCUT2D eigenvalue weighted by molar-refractivity contribution is 5.99. The van der Waals surface area contributed by atoms with Crippen molar-refractivity contribution in [1.29, 1.82) is 0 Å². The van der Waals surface area contributed by atoms with Gasteiger partial charge in [0, 0.05) is 31.0 Å². The van der Waals surface area contributed by atoms with E-state index in [1.54, 1.807) is 0 Å². The SMILES string of the molecule is CCC(CC(=O)N1CCCCC1)C(=O)c1ccccc1. The van der Waals surface area contributed by atoms with Gasteiger partial charge in [-0.25, -0.2) is 0 Å². The third-order valence-electron chi connectivity index (χ3n) is 4.05. The zero-order valence-corrected chi connectivity index (χ0v) is 12.2. The molecule has 0 saturated carbocycles. The predicted molar refractivity (Wildman–Crippen MR) is 79.6 cm³/mol. The van der Waals surface area contributed by atoms with Gasteiger partial charge in [0.2, 0.25) is 5.91 Å². The first-order valence-corrected chi connectivity index (χ1v) is 7.59. The summed E-state index contributed by atoms with van der Waals surface area (Å²) in [5.41, 5.74) is 0.714. The molecule has 1 saturated heterocycles. The van der Waals surface area contributed by atoms with Crippen molar-refractivity contribution < 1.29 is 9.59 Å². The highest BCUT2D eigenvalue weighted by Gasteiger charge is 2.24. The Morgan fingerprint density at radius 2 is 1.75 bits per heavy atom. The van der Waals surface area contributed by atoms with Crippen molar-refractivity contribution in [3.8, 4) is 0 Å². The summed E-state index contributed by atoms with van der Waals surface area (Å²) >= 11 is 0. The molecule has 2 rings (SSSR count). The van der Waals surface area contributed by atoms with Gasteiger partial charge < -0.3 is 4.90 Å². The van der Waals surface area contributed by atoms with Gasteiger partial charge in [0.15, 0.2) is 5.78 Å². The molecule has 108 valence electrons. The molecular formula is C17H23NO2. The van der Waals surface area contributed by atoms with Gasteiger partial charge in [0.25, 0.3) is 0 Å². The summed E-state index contributed by atoms with van der Waals surface area (Å²) in [5, 5.41) is 0. The molecule has 1 aromatic carbocycles. The predicted octanol–water partition coefficient (Wildman–Crippen LogP) is 3.30. The Hall–Kier alpha value is -1.64. The van der Waals surface area contributed by atoms with Crippen molar-refractivity contribution in [3.63, 3.8) is 0 Å². The molecule has 1 amide bonds. The van der Waals surface area contributed by atoms with Crippen LogP contribution in [0.25, 0.3) is 0 Å². The van der Waals surface area contributed by atoms with E-state index in [1.165, 1.54) is 6.42 Å². The molecule has 0 spiro atoms. The minimum atomic E-state index is -0.188. The number of carbonyl (C=O) groups excluding carboxylic acids is 2. The largest absolute Gasteiger partial charge is 0.343 e. The number of hydrogen-bond acceptors (Lipinski definition) is 2. The van der Waals surface area contributed by atoms with Crippen LogP contribution in [0, 0.1) is 5.92 Å². The minimum absolute atomic E-state index is 0.0958. The molecule has 3 heteroatoms. The second-order valence-electron chi connectivity index (χ2n) is 5.48. The van der Waals surface area contributed by atoms with E-state index in [0.717, 1.165) is 25.9 Å². The molecule has 1 aliphatic rings. The number of benzene rings is 1. The molecule has 1 heterocycles. The number of likely N-dealkylation sites (tertiary alicyclic amines) is 1. The Morgan fingerprint density at radius 3 is 2.35 bits per heavy atom. The summed E-state index contributed by atoms with van der Waals surface area (Å²) in [5.74, 6) is 0.0473. The Labute approximate surface area is 121 Å². The van der Waals surface area contributed by atoms with E-state index in [1.807, 2.05) is 42.2 Å². The average Bonchev–Trinajstić information content (AvgIpc) is 2.53. The van der Waals surface area contributed by atoms with Crippen molar-refractivity contribution in [3.05, 3.63) is 35.9 Å². The molecule has 0 aliphatic carbocycles. The van der Waals surface area contributed by atoms with Crippen molar-refractivity contribution in [2.24, 2.45) is 5.92 Å². The standard InChI is InChI=1S/C17H23NO2/c1-2-14(17(20)15-9-5-3-6-10-15)13-16(19)18-11-7-4-8-12-18/h3,5-6,9-10,14H,2,4,7-8,11-13H2,1H3. The fourth-order valence-corrected chi connectivity index (χ4v) is 2.74. The topological polar surface area (TPSA) is 37.4 Å². The smallest absolute Gasteiger partial charge is 0.223 e. The highest BCUT2D eigenvalue weighted by Crippen LogP contribution is 2.19. The second-order valence-corrected chi connectivity index (χ2v) is 5.48. The maximum absolute atomic E-state index is 12.4. The fourth-order valence-electron chi connectivity index (χ4n) is 2.74. The van der Waals surface area contributed by atoms with Gasteiger partial charge >= 0.3 is 0 Å². The van der Waals surface area contributed by atoms with Crippen molar-refractivity contribution in [1.82, 2.24) is 4.90 Å². The lowest BCUT2D eigenvalue weighted by atomic mass is 9.91. The van der Waals surface area contributed by atoms with Crippen LogP contribution in [-0.2, 0) is 4.79 Å². The maximum Gasteiger partial charge on any atom is 0.223 e. The van der Waals surface area contributed by atoms with Crippen LogP contribution < -0.4 is 0 Å². The first-order valence-electron chi connectivity index (χ1n) is 7.59. The van der Waals surface area contributed by atoms with Gasteiger partial charge in [-0.1, -0.05) is 37.3 Å². The zero-order chi connectivity index (χ0) is 14.4.